The monoisotopic (exact) mass is 256 g/mol. The summed E-state index contributed by atoms with van der Waals surface area (Å²) >= 11 is 0. The van der Waals surface area contributed by atoms with E-state index in [2.05, 4.69) is 45.0 Å². The van der Waals surface area contributed by atoms with Gasteiger partial charge in [-0.1, -0.05) is 20.8 Å². The van der Waals surface area contributed by atoms with Crippen molar-refractivity contribution in [2.45, 2.75) is 59.1 Å². The largest absolute Gasteiger partial charge is 0.376 e. The molecule has 0 saturated carbocycles. The lowest BCUT2D eigenvalue weighted by atomic mass is 9.81. The predicted molar refractivity (Wildman–Crippen MR) is 78.0 cm³/mol. The number of hydrogen-bond acceptors (Lipinski definition) is 3. The van der Waals surface area contributed by atoms with Crippen LogP contribution in [0.15, 0.2) is 0 Å². The zero-order valence-corrected chi connectivity index (χ0v) is 13.0. The summed E-state index contributed by atoms with van der Waals surface area (Å²) in [6.45, 7) is 13.4. The highest BCUT2D eigenvalue weighted by molar-refractivity contribution is 4.87. The molecule has 2 atom stereocenters. The van der Waals surface area contributed by atoms with E-state index in [4.69, 9.17) is 4.74 Å². The molecule has 0 radical (unpaired) electrons. The smallest absolute Gasteiger partial charge is 0.0674 e. The van der Waals surface area contributed by atoms with Crippen LogP contribution in [0.2, 0.25) is 0 Å². The zero-order valence-electron chi connectivity index (χ0n) is 13.0. The van der Waals surface area contributed by atoms with E-state index in [1.54, 1.807) is 0 Å². The predicted octanol–water partition coefficient (Wildman–Crippen LogP) is 2.51. The minimum atomic E-state index is 0.383. The maximum atomic E-state index is 5.80. The molecule has 2 unspecified atom stereocenters. The highest BCUT2D eigenvalue weighted by atomic mass is 16.5. The molecular formula is C15H32N2O. The van der Waals surface area contributed by atoms with E-state index in [1.807, 2.05) is 0 Å². The number of ether oxygens (including phenoxy) is 1. The van der Waals surface area contributed by atoms with Crippen LogP contribution in [0.3, 0.4) is 0 Å². The maximum Gasteiger partial charge on any atom is 0.0674 e. The van der Waals surface area contributed by atoms with Crippen LogP contribution in [0.4, 0.5) is 0 Å². The average Bonchev–Trinajstić information content (AvgIpc) is 2.38. The maximum absolute atomic E-state index is 5.80. The molecule has 1 N–H and O–H groups in total. The molecule has 0 bridgehead atoms. The number of rotatable bonds is 7. The number of nitrogens with zero attached hydrogens (tertiary/aromatic N) is 1. The van der Waals surface area contributed by atoms with Crippen LogP contribution < -0.4 is 5.32 Å². The lowest BCUT2D eigenvalue weighted by molar-refractivity contribution is -0.0701. The summed E-state index contributed by atoms with van der Waals surface area (Å²) in [7, 11) is 2.07. The standard InChI is InChI=1S/C15H32N2O/c1-6-14-10-18-13(4)9-17(14)12-15(7-2,8-3)11-16-5/h13-14,16H,6-12H2,1-5H3. The molecular weight excluding hydrogens is 224 g/mol. The number of nitrogens with one attached hydrogen (secondary N) is 1. The molecule has 0 amide bonds. The molecule has 0 aromatic carbocycles. The Morgan fingerprint density at radius 3 is 2.44 bits per heavy atom. The number of morpholine rings is 1. The molecule has 1 rings (SSSR count). The Morgan fingerprint density at radius 1 is 1.28 bits per heavy atom. The molecule has 3 heteroatoms. The van der Waals surface area contributed by atoms with Gasteiger partial charge in [0.15, 0.2) is 0 Å². The minimum absolute atomic E-state index is 0.383. The quantitative estimate of drug-likeness (QED) is 0.757. The Morgan fingerprint density at radius 2 is 1.94 bits per heavy atom. The highest BCUT2D eigenvalue weighted by Crippen LogP contribution is 2.29. The van der Waals surface area contributed by atoms with Crippen LogP contribution in [-0.4, -0.2) is 50.3 Å². The van der Waals surface area contributed by atoms with E-state index >= 15 is 0 Å². The van der Waals surface area contributed by atoms with E-state index < -0.39 is 0 Å². The fraction of sp³-hybridized carbons (Fsp3) is 1.00. The van der Waals surface area contributed by atoms with Crippen molar-refractivity contribution in [2.75, 3.05) is 33.3 Å². The van der Waals surface area contributed by atoms with Gasteiger partial charge in [0.2, 0.25) is 0 Å². The van der Waals surface area contributed by atoms with E-state index in [0.29, 0.717) is 17.6 Å². The molecule has 0 aromatic heterocycles. The fourth-order valence-electron chi connectivity index (χ4n) is 3.07. The van der Waals surface area contributed by atoms with Gasteiger partial charge in [-0.15, -0.1) is 0 Å². The number of hydrogen-bond donors (Lipinski definition) is 1. The summed E-state index contributed by atoms with van der Waals surface area (Å²) in [5, 5.41) is 3.39. The van der Waals surface area contributed by atoms with Gasteiger partial charge in [-0.05, 0) is 38.6 Å². The van der Waals surface area contributed by atoms with Crippen molar-refractivity contribution in [1.82, 2.24) is 10.2 Å². The third-order valence-corrected chi connectivity index (χ3v) is 4.64. The Bertz CT molecular complexity index is 229. The fourth-order valence-corrected chi connectivity index (χ4v) is 3.07. The molecule has 0 aromatic rings. The lowest BCUT2D eigenvalue weighted by Gasteiger charge is -2.44. The van der Waals surface area contributed by atoms with Gasteiger partial charge in [-0.2, -0.15) is 0 Å². The average molecular weight is 256 g/mol. The van der Waals surface area contributed by atoms with Gasteiger partial charge < -0.3 is 10.1 Å². The van der Waals surface area contributed by atoms with Gasteiger partial charge in [0.25, 0.3) is 0 Å². The van der Waals surface area contributed by atoms with Gasteiger partial charge in [-0.25, -0.2) is 0 Å². The highest BCUT2D eigenvalue weighted by Gasteiger charge is 2.33. The van der Waals surface area contributed by atoms with Crippen molar-refractivity contribution in [1.29, 1.82) is 0 Å². The van der Waals surface area contributed by atoms with Crippen molar-refractivity contribution < 1.29 is 4.74 Å². The second-order valence-corrected chi connectivity index (χ2v) is 5.87. The summed E-state index contributed by atoms with van der Waals surface area (Å²) in [6, 6.07) is 0.607. The van der Waals surface area contributed by atoms with Crippen molar-refractivity contribution >= 4 is 0 Å². The van der Waals surface area contributed by atoms with Crippen LogP contribution >= 0.6 is 0 Å². The van der Waals surface area contributed by atoms with Crippen LogP contribution in [-0.2, 0) is 4.74 Å². The van der Waals surface area contributed by atoms with Crippen molar-refractivity contribution in [3.63, 3.8) is 0 Å². The zero-order chi connectivity index (χ0) is 13.6. The summed E-state index contributed by atoms with van der Waals surface area (Å²) in [5.41, 5.74) is 0.416. The summed E-state index contributed by atoms with van der Waals surface area (Å²) in [4.78, 5) is 2.67. The van der Waals surface area contributed by atoms with E-state index in [0.717, 1.165) is 19.7 Å². The third kappa shape index (κ3) is 3.94. The molecule has 108 valence electrons. The van der Waals surface area contributed by atoms with Crippen molar-refractivity contribution in [2.24, 2.45) is 5.41 Å². The molecule has 3 nitrogen and oxygen atoms in total. The van der Waals surface area contributed by atoms with Crippen LogP contribution in [0.1, 0.15) is 47.0 Å². The van der Waals surface area contributed by atoms with Gasteiger partial charge in [0.05, 0.1) is 12.7 Å². The first-order valence-electron chi connectivity index (χ1n) is 7.61. The summed E-state index contributed by atoms with van der Waals surface area (Å²) in [5.74, 6) is 0. The minimum Gasteiger partial charge on any atom is -0.376 e. The normalized spacial score (nSPS) is 26.5. The molecule has 0 aliphatic carbocycles. The van der Waals surface area contributed by atoms with Crippen molar-refractivity contribution in [3.05, 3.63) is 0 Å². The summed E-state index contributed by atoms with van der Waals surface area (Å²) in [6.07, 6.45) is 4.06. The summed E-state index contributed by atoms with van der Waals surface area (Å²) < 4.78 is 5.80. The van der Waals surface area contributed by atoms with E-state index in [1.165, 1.54) is 25.8 Å². The first-order chi connectivity index (χ1) is 8.60. The Balaban J connectivity index is 2.70. The van der Waals surface area contributed by atoms with Gasteiger partial charge in [0, 0.05) is 25.7 Å². The van der Waals surface area contributed by atoms with Crippen LogP contribution in [0.5, 0.6) is 0 Å². The molecule has 1 aliphatic rings. The van der Waals surface area contributed by atoms with Crippen LogP contribution in [0, 0.1) is 5.41 Å². The van der Waals surface area contributed by atoms with Gasteiger partial charge in [0.1, 0.15) is 0 Å². The van der Waals surface area contributed by atoms with E-state index in [-0.39, 0.29) is 0 Å². The first-order valence-corrected chi connectivity index (χ1v) is 7.61. The molecule has 0 spiro atoms. The molecule has 1 fully saturated rings. The molecule has 1 aliphatic heterocycles. The van der Waals surface area contributed by atoms with E-state index in [9.17, 15) is 0 Å². The SMILES string of the molecule is CCC1COC(C)CN1CC(CC)(CC)CNC. The molecule has 1 saturated heterocycles. The van der Waals surface area contributed by atoms with Crippen molar-refractivity contribution in [3.8, 4) is 0 Å². The van der Waals surface area contributed by atoms with Gasteiger partial charge >= 0.3 is 0 Å². The second-order valence-electron chi connectivity index (χ2n) is 5.87. The van der Waals surface area contributed by atoms with Crippen LogP contribution in [0.25, 0.3) is 0 Å². The molecule has 1 heterocycles. The van der Waals surface area contributed by atoms with Gasteiger partial charge in [-0.3, -0.25) is 4.90 Å². The Labute approximate surface area is 113 Å². The Hall–Kier alpha value is -0.120. The Kier molecular flexibility index (Phi) is 6.61. The lowest BCUT2D eigenvalue weighted by Crippen LogP contribution is -2.53. The first kappa shape index (κ1) is 15.9. The third-order valence-electron chi connectivity index (χ3n) is 4.64. The molecule has 18 heavy (non-hydrogen) atoms. The second kappa shape index (κ2) is 7.46. The topological polar surface area (TPSA) is 24.5 Å².